The summed E-state index contributed by atoms with van der Waals surface area (Å²) >= 11 is 1.73. The highest BCUT2D eigenvalue weighted by Crippen LogP contribution is 2.27. The number of guanidine groups is 1. The van der Waals surface area contributed by atoms with Crippen molar-refractivity contribution in [2.45, 2.75) is 33.2 Å². The lowest BCUT2D eigenvalue weighted by molar-refractivity contribution is 0.143. The summed E-state index contributed by atoms with van der Waals surface area (Å²) in [5.41, 5.74) is 2.24. The molecule has 7 heteroatoms. The van der Waals surface area contributed by atoms with Gasteiger partial charge in [0.05, 0.1) is 12.2 Å². The molecule has 0 amide bonds. The lowest BCUT2D eigenvalue weighted by atomic mass is 10.2. The average molecular weight is 488 g/mol. The van der Waals surface area contributed by atoms with Crippen molar-refractivity contribution in [2.75, 3.05) is 26.8 Å². The molecular formula is C19H29IN4OS. The molecular weight excluding hydrogens is 459 g/mol. The zero-order valence-electron chi connectivity index (χ0n) is 15.7. The third-order valence-corrected chi connectivity index (χ3v) is 4.97. The molecule has 0 saturated carbocycles. The van der Waals surface area contributed by atoms with Gasteiger partial charge in [0, 0.05) is 37.2 Å². The topological polar surface area (TPSA) is 58.5 Å². The van der Waals surface area contributed by atoms with Gasteiger partial charge in [-0.05, 0) is 26.7 Å². The number of benzene rings is 1. The third-order valence-electron chi connectivity index (χ3n) is 3.77. The Morgan fingerprint density at radius 2 is 1.96 bits per heavy atom. The monoisotopic (exact) mass is 488 g/mol. The van der Waals surface area contributed by atoms with Crippen molar-refractivity contribution in [3.63, 3.8) is 0 Å². The van der Waals surface area contributed by atoms with E-state index in [1.807, 2.05) is 25.1 Å². The zero-order chi connectivity index (χ0) is 17.9. The number of hydrogen-bond acceptors (Lipinski definition) is 4. The molecule has 2 N–H and O–H groups in total. The molecule has 26 heavy (non-hydrogen) atoms. The largest absolute Gasteiger partial charge is 0.382 e. The first-order valence-corrected chi connectivity index (χ1v) is 9.60. The normalized spacial score (nSPS) is 11.1. The van der Waals surface area contributed by atoms with E-state index >= 15 is 0 Å². The number of thiazole rings is 1. The zero-order valence-corrected chi connectivity index (χ0v) is 18.9. The Bertz CT molecular complexity index is 661. The van der Waals surface area contributed by atoms with Crippen LogP contribution in [0.15, 0.2) is 35.3 Å². The van der Waals surface area contributed by atoms with E-state index < -0.39 is 0 Å². The predicted octanol–water partition coefficient (Wildman–Crippen LogP) is 4.22. The molecule has 0 aliphatic carbocycles. The first kappa shape index (κ1) is 22.9. The summed E-state index contributed by atoms with van der Waals surface area (Å²) in [4.78, 5) is 10.2. The molecule has 0 fully saturated rings. The molecule has 0 aliphatic heterocycles. The van der Waals surface area contributed by atoms with Gasteiger partial charge in [0.1, 0.15) is 5.01 Å². The Hall–Kier alpha value is -1.19. The molecule has 5 nitrogen and oxygen atoms in total. The number of aryl methyl sites for hydroxylation is 1. The summed E-state index contributed by atoms with van der Waals surface area (Å²) in [6, 6.07) is 10.3. The molecule has 144 valence electrons. The molecule has 1 aromatic heterocycles. The summed E-state index contributed by atoms with van der Waals surface area (Å²) in [6.07, 6.45) is 2.13. The fourth-order valence-corrected chi connectivity index (χ4v) is 3.37. The third kappa shape index (κ3) is 7.59. The maximum Gasteiger partial charge on any atom is 0.191 e. The van der Waals surface area contributed by atoms with E-state index in [-0.39, 0.29) is 24.0 Å². The molecule has 0 aliphatic rings. The van der Waals surface area contributed by atoms with E-state index in [2.05, 4.69) is 34.7 Å². The molecule has 1 aromatic carbocycles. The highest BCUT2D eigenvalue weighted by Gasteiger charge is 2.09. The molecule has 0 spiro atoms. The van der Waals surface area contributed by atoms with Crippen LogP contribution in [0.4, 0.5) is 0 Å². The number of halogens is 1. The maximum absolute atomic E-state index is 5.34. The van der Waals surface area contributed by atoms with Crippen LogP contribution in [-0.4, -0.2) is 37.7 Å². The predicted molar refractivity (Wildman–Crippen MR) is 122 cm³/mol. The van der Waals surface area contributed by atoms with E-state index in [0.29, 0.717) is 0 Å². The number of nitrogens with one attached hydrogen (secondary N) is 2. The van der Waals surface area contributed by atoms with Gasteiger partial charge in [-0.1, -0.05) is 30.3 Å². The molecule has 0 unspecified atom stereocenters. The first-order chi connectivity index (χ1) is 12.2. The summed E-state index contributed by atoms with van der Waals surface area (Å²) in [5.74, 6) is 0.825. The second-order valence-corrected chi connectivity index (χ2v) is 6.73. The average Bonchev–Trinajstić information content (AvgIpc) is 3.02. The van der Waals surface area contributed by atoms with Crippen LogP contribution in [0, 0.1) is 6.92 Å². The van der Waals surface area contributed by atoms with Crippen LogP contribution >= 0.6 is 35.3 Å². The van der Waals surface area contributed by atoms with Gasteiger partial charge >= 0.3 is 0 Å². The molecule has 2 aromatic rings. The second kappa shape index (κ2) is 13.1. The lowest BCUT2D eigenvalue weighted by Gasteiger charge is -2.11. The van der Waals surface area contributed by atoms with Crippen LogP contribution in [0.25, 0.3) is 10.6 Å². The molecule has 0 bridgehead atoms. The Kier molecular flexibility index (Phi) is 11.5. The van der Waals surface area contributed by atoms with Gasteiger partial charge in [0.25, 0.3) is 0 Å². The second-order valence-electron chi connectivity index (χ2n) is 5.65. The van der Waals surface area contributed by atoms with E-state index in [0.717, 1.165) is 55.8 Å². The number of hydrogen-bond donors (Lipinski definition) is 2. The van der Waals surface area contributed by atoms with Crippen LogP contribution in [-0.2, 0) is 11.3 Å². The van der Waals surface area contributed by atoms with Crippen molar-refractivity contribution >= 4 is 41.3 Å². The number of aromatic nitrogens is 1. The van der Waals surface area contributed by atoms with Gasteiger partial charge in [-0.15, -0.1) is 35.3 Å². The minimum Gasteiger partial charge on any atom is -0.382 e. The van der Waals surface area contributed by atoms with Gasteiger partial charge < -0.3 is 15.4 Å². The van der Waals surface area contributed by atoms with E-state index in [9.17, 15) is 0 Å². The number of aliphatic imine (C=N–C) groups is 1. The highest BCUT2D eigenvalue weighted by molar-refractivity contribution is 14.0. The van der Waals surface area contributed by atoms with Crippen molar-refractivity contribution in [1.82, 2.24) is 15.6 Å². The summed E-state index contributed by atoms with van der Waals surface area (Å²) in [7, 11) is 1.80. The first-order valence-electron chi connectivity index (χ1n) is 8.78. The minimum absolute atomic E-state index is 0. The van der Waals surface area contributed by atoms with Crippen molar-refractivity contribution in [1.29, 1.82) is 0 Å². The van der Waals surface area contributed by atoms with Crippen LogP contribution in [0.5, 0.6) is 0 Å². The van der Waals surface area contributed by atoms with Gasteiger partial charge in [0.2, 0.25) is 0 Å². The number of nitrogens with zero attached hydrogens (tertiary/aromatic N) is 2. The van der Waals surface area contributed by atoms with Crippen LogP contribution in [0.2, 0.25) is 0 Å². The van der Waals surface area contributed by atoms with Crippen molar-refractivity contribution in [2.24, 2.45) is 4.99 Å². The molecule has 2 rings (SSSR count). The van der Waals surface area contributed by atoms with Crippen molar-refractivity contribution in [3.05, 3.63) is 40.9 Å². The Labute approximate surface area is 177 Å². The maximum atomic E-state index is 5.34. The molecule has 1 heterocycles. The van der Waals surface area contributed by atoms with E-state index in [1.165, 1.54) is 10.4 Å². The van der Waals surface area contributed by atoms with Crippen molar-refractivity contribution < 1.29 is 4.74 Å². The smallest absolute Gasteiger partial charge is 0.191 e. The number of rotatable bonds is 9. The summed E-state index contributed by atoms with van der Waals surface area (Å²) in [5, 5.41) is 7.78. The fourth-order valence-electron chi connectivity index (χ4n) is 2.36. The molecule has 0 radical (unpaired) electrons. The van der Waals surface area contributed by atoms with Gasteiger partial charge in [-0.25, -0.2) is 4.98 Å². The Balaban J connectivity index is 0.00000338. The molecule has 0 atom stereocenters. The van der Waals surface area contributed by atoms with Gasteiger partial charge in [0.15, 0.2) is 5.96 Å². The van der Waals surface area contributed by atoms with Crippen LogP contribution < -0.4 is 10.6 Å². The highest BCUT2D eigenvalue weighted by atomic mass is 127. The lowest BCUT2D eigenvalue weighted by Crippen LogP contribution is -2.37. The van der Waals surface area contributed by atoms with Gasteiger partial charge in [-0.3, -0.25) is 4.99 Å². The Morgan fingerprint density at radius 1 is 1.19 bits per heavy atom. The Morgan fingerprint density at radius 3 is 2.65 bits per heavy atom. The fraction of sp³-hybridized carbons (Fsp3) is 0.474. The van der Waals surface area contributed by atoms with Crippen LogP contribution in [0.3, 0.4) is 0 Å². The molecule has 0 saturated heterocycles. The van der Waals surface area contributed by atoms with Gasteiger partial charge in [-0.2, -0.15) is 0 Å². The summed E-state index contributed by atoms with van der Waals surface area (Å²) < 4.78 is 5.34. The van der Waals surface area contributed by atoms with Crippen LogP contribution in [0.1, 0.15) is 30.3 Å². The quantitative estimate of drug-likeness (QED) is 0.240. The summed E-state index contributed by atoms with van der Waals surface area (Å²) in [6.45, 7) is 7.32. The number of unbranched alkanes of at least 4 members (excludes halogenated alkanes) is 1. The van der Waals surface area contributed by atoms with Crippen molar-refractivity contribution in [3.8, 4) is 10.6 Å². The van der Waals surface area contributed by atoms with E-state index in [4.69, 9.17) is 9.72 Å². The minimum atomic E-state index is 0. The SMILES string of the molecule is CCOCCCCNC(=NC)NCc1sc(-c2ccccc2)nc1C.I. The number of ether oxygens (including phenoxy) is 1. The van der Waals surface area contributed by atoms with E-state index in [1.54, 1.807) is 18.4 Å². The standard InChI is InChI=1S/C19H28N4OS.HI/c1-4-24-13-9-8-12-21-19(20-3)22-14-17-15(2)23-18(25-17)16-10-6-5-7-11-16;/h5-7,10-11H,4,8-9,12-14H2,1-3H3,(H2,20,21,22);1H.